The minimum Gasteiger partial charge on any atom is -0.495 e. The Balaban J connectivity index is 1.97. The van der Waals surface area contributed by atoms with Gasteiger partial charge in [0.25, 0.3) is 0 Å². The van der Waals surface area contributed by atoms with Crippen molar-refractivity contribution >= 4 is 40.6 Å². The van der Waals surface area contributed by atoms with Gasteiger partial charge in [0, 0.05) is 24.4 Å². The number of rotatable bonds is 9. The van der Waals surface area contributed by atoms with E-state index in [2.05, 4.69) is 10.6 Å². The van der Waals surface area contributed by atoms with Crippen LogP contribution in [0.2, 0.25) is 0 Å². The number of methoxy groups -OCH3 is 2. The van der Waals surface area contributed by atoms with Crippen molar-refractivity contribution in [2.24, 2.45) is 0 Å². The lowest BCUT2D eigenvalue weighted by atomic mass is 10.2. The van der Waals surface area contributed by atoms with Gasteiger partial charge in [-0.2, -0.15) is 0 Å². The maximum atomic E-state index is 12.3. The van der Waals surface area contributed by atoms with Gasteiger partial charge in [0.2, 0.25) is 11.8 Å². The molecule has 2 rings (SSSR count). The standard InChI is InChI=1S/C19H21N3O6S/c1-12(23)20-14-5-7-17(27-2)15(9-14)21-19(24)11-29-10-13-4-6-18(28-3)16(8-13)22(25)26/h4-9H,10-11H2,1-3H3,(H,20,23)(H,21,24). The molecule has 0 aliphatic carbocycles. The van der Waals surface area contributed by atoms with Crippen molar-refractivity contribution in [3.05, 3.63) is 52.1 Å². The smallest absolute Gasteiger partial charge is 0.311 e. The topological polar surface area (TPSA) is 120 Å². The molecule has 0 bridgehead atoms. The summed E-state index contributed by atoms with van der Waals surface area (Å²) in [5.41, 5.74) is 1.56. The number of anilines is 2. The van der Waals surface area contributed by atoms with Gasteiger partial charge in [0.15, 0.2) is 5.75 Å². The van der Waals surface area contributed by atoms with Crippen molar-refractivity contribution in [1.29, 1.82) is 0 Å². The molecular weight excluding hydrogens is 398 g/mol. The van der Waals surface area contributed by atoms with Crippen LogP contribution in [0.1, 0.15) is 12.5 Å². The van der Waals surface area contributed by atoms with Crippen LogP contribution in [0.5, 0.6) is 11.5 Å². The van der Waals surface area contributed by atoms with Crippen LogP contribution in [0.3, 0.4) is 0 Å². The van der Waals surface area contributed by atoms with Crippen LogP contribution in [0.15, 0.2) is 36.4 Å². The number of ether oxygens (including phenoxy) is 2. The Labute approximate surface area is 171 Å². The van der Waals surface area contributed by atoms with Crippen LogP contribution >= 0.6 is 11.8 Å². The lowest BCUT2D eigenvalue weighted by molar-refractivity contribution is -0.385. The van der Waals surface area contributed by atoms with Crippen LogP contribution in [0, 0.1) is 10.1 Å². The molecular formula is C19H21N3O6S. The Morgan fingerprint density at radius 2 is 1.76 bits per heavy atom. The van der Waals surface area contributed by atoms with Crippen LogP contribution in [0.4, 0.5) is 17.1 Å². The van der Waals surface area contributed by atoms with Crippen molar-refractivity contribution < 1.29 is 24.0 Å². The highest BCUT2D eigenvalue weighted by Crippen LogP contribution is 2.30. The third kappa shape index (κ3) is 6.39. The number of nitro groups is 1. The number of nitrogens with one attached hydrogen (secondary N) is 2. The van der Waals surface area contributed by atoms with Crippen LogP contribution in [-0.4, -0.2) is 36.7 Å². The molecule has 10 heteroatoms. The summed E-state index contributed by atoms with van der Waals surface area (Å²) < 4.78 is 10.2. The molecule has 2 aromatic carbocycles. The third-order valence-electron chi connectivity index (χ3n) is 3.74. The monoisotopic (exact) mass is 419 g/mol. The molecule has 0 fully saturated rings. The molecule has 0 heterocycles. The van der Waals surface area contributed by atoms with Crippen molar-refractivity contribution in [2.45, 2.75) is 12.7 Å². The fourth-order valence-corrected chi connectivity index (χ4v) is 3.28. The first-order valence-electron chi connectivity index (χ1n) is 8.48. The number of thioether (sulfide) groups is 1. The minimum absolute atomic E-state index is 0.116. The van der Waals surface area contributed by atoms with Gasteiger partial charge >= 0.3 is 5.69 Å². The van der Waals surface area contributed by atoms with E-state index in [1.54, 1.807) is 24.3 Å². The van der Waals surface area contributed by atoms with Crippen LogP contribution in [0.25, 0.3) is 0 Å². The first-order valence-corrected chi connectivity index (χ1v) is 9.64. The molecule has 0 radical (unpaired) electrons. The van der Waals surface area contributed by atoms with Gasteiger partial charge in [-0.05, 0) is 29.8 Å². The van der Waals surface area contributed by atoms with Crippen molar-refractivity contribution in [3.8, 4) is 11.5 Å². The van der Waals surface area contributed by atoms with Gasteiger partial charge in [-0.3, -0.25) is 19.7 Å². The molecule has 2 N–H and O–H groups in total. The van der Waals surface area contributed by atoms with E-state index in [4.69, 9.17) is 9.47 Å². The molecule has 2 aromatic rings. The van der Waals surface area contributed by atoms with E-state index in [1.165, 1.54) is 45.0 Å². The first kappa shape index (κ1) is 22.0. The molecule has 154 valence electrons. The summed E-state index contributed by atoms with van der Waals surface area (Å²) in [5, 5.41) is 16.5. The zero-order valence-electron chi connectivity index (χ0n) is 16.2. The normalized spacial score (nSPS) is 10.2. The van der Waals surface area contributed by atoms with Crippen molar-refractivity contribution in [1.82, 2.24) is 0 Å². The maximum Gasteiger partial charge on any atom is 0.311 e. The summed E-state index contributed by atoms with van der Waals surface area (Å²) in [7, 11) is 2.85. The molecule has 0 aliphatic heterocycles. The highest BCUT2D eigenvalue weighted by atomic mass is 32.2. The Morgan fingerprint density at radius 1 is 1.07 bits per heavy atom. The molecule has 0 saturated carbocycles. The molecule has 0 aromatic heterocycles. The number of hydrogen-bond donors (Lipinski definition) is 2. The predicted molar refractivity (Wildman–Crippen MR) is 112 cm³/mol. The van der Waals surface area contributed by atoms with Crippen LogP contribution in [-0.2, 0) is 15.3 Å². The lowest BCUT2D eigenvalue weighted by Gasteiger charge is -2.12. The Bertz CT molecular complexity index is 919. The number of hydrogen-bond acceptors (Lipinski definition) is 7. The van der Waals surface area contributed by atoms with E-state index < -0.39 is 4.92 Å². The summed E-state index contributed by atoms with van der Waals surface area (Å²) in [6.07, 6.45) is 0. The molecule has 29 heavy (non-hydrogen) atoms. The fourth-order valence-electron chi connectivity index (χ4n) is 2.50. The van der Waals surface area contributed by atoms with E-state index in [1.807, 2.05) is 0 Å². The quantitative estimate of drug-likeness (QED) is 0.472. The highest BCUT2D eigenvalue weighted by Gasteiger charge is 2.15. The molecule has 0 spiro atoms. The zero-order chi connectivity index (χ0) is 21.4. The fraction of sp³-hybridized carbons (Fsp3) is 0.263. The number of benzene rings is 2. The maximum absolute atomic E-state index is 12.3. The summed E-state index contributed by atoms with van der Waals surface area (Å²) in [5.74, 6) is 0.707. The largest absolute Gasteiger partial charge is 0.495 e. The average Bonchev–Trinajstić information content (AvgIpc) is 2.67. The van der Waals surface area contributed by atoms with E-state index >= 15 is 0 Å². The lowest BCUT2D eigenvalue weighted by Crippen LogP contribution is -2.15. The minimum atomic E-state index is -0.506. The number of amides is 2. The Hall–Kier alpha value is -3.27. The van der Waals surface area contributed by atoms with Gasteiger partial charge in [-0.15, -0.1) is 11.8 Å². The van der Waals surface area contributed by atoms with Gasteiger partial charge in [-0.25, -0.2) is 0 Å². The number of carbonyl (C=O) groups is 2. The molecule has 9 nitrogen and oxygen atoms in total. The summed E-state index contributed by atoms with van der Waals surface area (Å²) in [4.78, 5) is 34.1. The summed E-state index contributed by atoms with van der Waals surface area (Å²) in [6, 6.07) is 9.61. The summed E-state index contributed by atoms with van der Waals surface area (Å²) in [6.45, 7) is 1.39. The first-order chi connectivity index (χ1) is 13.8. The third-order valence-corrected chi connectivity index (χ3v) is 4.74. The highest BCUT2D eigenvalue weighted by molar-refractivity contribution is 7.99. The molecule has 0 unspecified atom stereocenters. The zero-order valence-corrected chi connectivity index (χ0v) is 17.0. The number of carbonyl (C=O) groups excluding carboxylic acids is 2. The van der Waals surface area contributed by atoms with Gasteiger partial charge in [-0.1, -0.05) is 6.07 Å². The Kier molecular flexibility index (Phi) is 7.84. The molecule has 0 saturated heterocycles. The van der Waals surface area contributed by atoms with Crippen molar-refractivity contribution in [3.63, 3.8) is 0 Å². The summed E-state index contributed by atoms with van der Waals surface area (Å²) >= 11 is 1.31. The van der Waals surface area contributed by atoms with Crippen LogP contribution < -0.4 is 20.1 Å². The van der Waals surface area contributed by atoms with E-state index in [0.29, 0.717) is 28.4 Å². The number of nitrogens with zero attached hydrogens (tertiary/aromatic N) is 1. The van der Waals surface area contributed by atoms with E-state index in [-0.39, 0.29) is 29.0 Å². The average molecular weight is 419 g/mol. The van der Waals surface area contributed by atoms with E-state index in [0.717, 1.165) is 0 Å². The Morgan fingerprint density at radius 3 is 2.38 bits per heavy atom. The van der Waals surface area contributed by atoms with E-state index in [9.17, 15) is 19.7 Å². The SMILES string of the molecule is COc1ccc(NC(C)=O)cc1NC(=O)CSCc1ccc(OC)c([N+](=O)[O-])c1. The molecule has 0 atom stereocenters. The second-order valence-corrected chi connectivity index (χ2v) is 6.89. The second-order valence-electron chi connectivity index (χ2n) is 5.90. The second kappa shape index (κ2) is 10.3. The number of nitro benzene ring substituents is 1. The predicted octanol–water partition coefficient (Wildman–Crippen LogP) is 3.44. The van der Waals surface area contributed by atoms with Gasteiger partial charge < -0.3 is 20.1 Å². The van der Waals surface area contributed by atoms with Crippen molar-refractivity contribution in [2.75, 3.05) is 30.6 Å². The molecule has 2 amide bonds. The molecule has 0 aliphatic rings. The van der Waals surface area contributed by atoms with Gasteiger partial charge in [0.05, 0.1) is 30.6 Å². The van der Waals surface area contributed by atoms with Gasteiger partial charge in [0.1, 0.15) is 5.75 Å².